The molecule has 3 rings (SSSR count). The van der Waals surface area contributed by atoms with Gasteiger partial charge >= 0.3 is 0 Å². The highest BCUT2D eigenvalue weighted by Gasteiger charge is 2.27. The minimum atomic E-state index is 0.0779. The predicted octanol–water partition coefficient (Wildman–Crippen LogP) is 3.50. The lowest BCUT2D eigenvalue weighted by Gasteiger charge is -2.32. The van der Waals surface area contributed by atoms with Crippen LogP contribution in [0.5, 0.6) is 5.75 Å². The number of hydrogen-bond donors (Lipinski definition) is 0. The molecule has 1 aliphatic heterocycles. The van der Waals surface area contributed by atoms with Gasteiger partial charge in [0.2, 0.25) is 5.91 Å². The standard InChI is InChI=1S/C19H25N3O2S/c1-13(2)19(23)22-10-8-15(9-11-22)18-21-20-17(25-18)12-14-4-6-16(24-3)7-5-14/h4-7,13,15H,8-12H2,1-3H3. The lowest BCUT2D eigenvalue weighted by molar-refractivity contribution is -0.135. The fourth-order valence-corrected chi connectivity index (χ4v) is 4.18. The molecule has 0 N–H and O–H groups in total. The Bertz CT molecular complexity index is 704. The van der Waals surface area contributed by atoms with Gasteiger partial charge in [-0.2, -0.15) is 0 Å². The van der Waals surface area contributed by atoms with Gasteiger partial charge in [-0.15, -0.1) is 21.5 Å². The van der Waals surface area contributed by atoms with Crippen molar-refractivity contribution in [2.45, 2.75) is 39.0 Å². The summed E-state index contributed by atoms with van der Waals surface area (Å²) in [5.41, 5.74) is 1.21. The zero-order valence-corrected chi connectivity index (χ0v) is 15.9. The van der Waals surface area contributed by atoms with Crippen molar-refractivity contribution in [3.05, 3.63) is 39.8 Å². The first-order valence-corrected chi connectivity index (χ1v) is 9.62. The van der Waals surface area contributed by atoms with E-state index < -0.39 is 0 Å². The van der Waals surface area contributed by atoms with Crippen LogP contribution in [-0.2, 0) is 11.2 Å². The van der Waals surface area contributed by atoms with Crippen molar-refractivity contribution in [2.75, 3.05) is 20.2 Å². The molecule has 1 aliphatic rings. The van der Waals surface area contributed by atoms with Crippen LogP contribution in [0.3, 0.4) is 0 Å². The molecule has 5 nitrogen and oxygen atoms in total. The van der Waals surface area contributed by atoms with E-state index in [1.807, 2.05) is 30.9 Å². The van der Waals surface area contributed by atoms with Gasteiger partial charge in [-0.1, -0.05) is 26.0 Å². The molecule has 1 saturated heterocycles. The van der Waals surface area contributed by atoms with E-state index in [1.54, 1.807) is 18.4 Å². The molecule has 0 spiro atoms. The van der Waals surface area contributed by atoms with Gasteiger partial charge in [0.1, 0.15) is 15.8 Å². The van der Waals surface area contributed by atoms with Gasteiger partial charge in [-0.25, -0.2) is 0 Å². The molecule has 0 aliphatic carbocycles. The number of amides is 1. The van der Waals surface area contributed by atoms with E-state index in [0.717, 1.165) is 48.1 Å². The topological polar surface area (TPSA) is 55.3 Å². The first-order valence-electron chi connectivity index (χ1n) is 8.81. The van der Waals surface area contributed by atoms with Crippen LogP contribution in [0.25, 0.3) is 0 Å². The number of carbonyl (C=O) groups excluding carboxylic acids is 1. The van der Waals surface area contributed by atoms with E-state index in [-0.39, 0.29) is 11.8 Å². The lowest BCUT2D eigenvalue weighted by atomic mass is 9.97. The molecule has 1 aromatic carbocycles. The number of rotatable bonds is 5. The van der Waals surface area contributed by atoms with Crippen molar-refractivity contribution in [3.8, 4) is 5.75 Å². The number of ether oxygens (including phenoxy) is 1. The molecule has 0 saturated carbocycles. The number of aromatic nitrogens is 2. The second-order valence-corrected chi connectivity index (χ2v) is 7.91. The van der Waals surface area contributed by atoms with E-state index in [2.05, 4.69) is 22.3 Å². The maximum atomic E-state index is 12.1. The number of hydrogen-bond acceptors (Lipinski definition) is 5. The Kier molecular flexibility index (Phi) is 5.68. The van der Waals surface area contributed by atoms with Crippen LogP contribution >= 0.6 is 11.3 Å². The summed E-state index contributed by atoms with van der Waals surface area (Å²) in [4.78, 5) is 14.1. The van der Waals surface area contributed by atoms with Gasteiger partial charge in [0.15, 0.2) is 0 Å². The Hall–Kier alpha value is -1.95. The van der Waals surface area contributed by atoms with Gasteiger partial charge in [0.25, 0.3) is 0 Å². The fourth-order valence-electron chi connectivity index (χ4n) is 3.13. The molecule has 0 radical (unpaired) electrons. The Labute approximate surface area is 153 Å². The van der Waals surface area contributed by atoms with Gasteiger partial charge in [-0.3, -0.25) is 4.79 Å². The summed E-state index contributed by atoms with van der Waals surface area (Å²) in [5, 5.41) is 10.9. The average molecular weight is 359 g/mol. The van der Waals surface area contributed by atoms with Crippen LogP contribution in [0.2, 0.25) is 0 Å². The zero-order chi connectivity index (χ0) is 17.8. The first kappa shape index (κ1) is 17.9. The number of likely N-dealkylation sites (tertiary alicyclic amines) is 1. The largest absolute Gasteiger partial charge is 0.497 e. The van der Waals surface area contributed by atoms with Crippen molar-refractivity contribution in [3.63, 3.8) is 0 Å². The molecule has 0 atom stereocenters. The van der Waals surface area contributed by atoms with Crippen LogP contribution < -0.4 is 4.74 Å². The molecule has 0 unspecified atom stereocenters. The fraction of sp³-hybridized carbons (Fsp3) is 0.526. The van der Waals surface area contributed by atoms with Crippen molar-refractivity contribution in [1.29, 1.82) is 0 Å². The van der Waals surface area contributed by atoms with Crippen molar-refractivity contribution < 1.29 is 9.53 Å². The third kappa shape index (κ3) is 4.37. The summed E-state index contributed by atoms with van der Waals surface area (Å²) in [6.07, 6.45) is 2.76. The summed E-state index contributed by atoms with van der Waals surface area (Å²) in [5.74, 6) is 1.63. The van der Waals surface area contributed by atoms with E-state index in [1.165, 1.54) is 5.56 Å². The van der Waals surface area contributed by atoms with Crippen LogP contribution in [0.4, 0.5) is 0 Å². The summed E-state index contributed by atoms with van der Waals surface area (Å²) in [6.45, 7) is 5.58. The lowest BCUT2D eigenvalue weighted by Crippen LogP contribution is -2.40. The molecule has 134 valence electrons. The van der Waals surface area contributed by atoms with E-state index >= 15 is 0 Å². The monoisotopic (exact) mass is 359 g/mol. The van der Waals surface area contributed by atoms with Gasteiger partial charge < -0.3 is 9.64 Å². The van der Waals surface area contributed by atoms with Crippen molar-refractivity contribution in [2.24, 2.45) is 5.92 Å². The van der Waals surface area contributed by atoms with Gasteiger partial charge in [-0.05, 0) is 30.5 Å². The molecular formula is C19H25N3O2S. The maximum absolute atomic E-state index is 12.1. The highest BCUT2D eigenvalue weighted by molar-refractivity contribution is 7.11. The number of piperidine rings is 1. The maximum Gasteiger partial charge on any atom is 0.225 e. The second kappa shape index (κ2) is 7.95. The third-order valence-corrected chi connectivity index (χ3v) is 5.73. The molecule has 2 aromatic rings. The van der Waals surface area contributed by atoms with Crippen LogP contribution in [0, 0.1) is 5.92 Å². The van der Waals surface area contributed by atoms with Crippen LogP contribution in [0.15, 0.2) is 24.3 Å². The van der Waals surface area contributed by atoms with Gasteiger partial charge in [0, 0.05) is 31.3 Å². The molecule has 0 bridgehead atoms. The Balaban J connectivity index is 1.57. The molecule has 1 amide bonds. The molecule has 1 aromatic heterocycles. The highest BCUT2D eigenvalue weighted by atomic mass is 32.1. The van der Waals surface area contributed by atoms with Gasteiger partial charge in [0.05, 0.1) is 7.11 Å². The minimum Gasteiger partial charge on any atom is -0.497 e. The minimum absolute atomic E-state index is 0.0779. The predicted molar refractivity (Wildman–Crippen MR) is 99.1 cm³/mol. The molecular weight excluding hydrogens is 334 g/mol. The van der Waals surface area contributed by atoms with Crippen LogP contribution in [-0.4, -0.2) is 41.2 Å². The smallest absolute Gasteiger partial charge is 0.225 e. The third-order valence-electron chi connectivity index (χ3n) is 4.65. The summed E-state index contributed by atoms with van der Waals surface area (Å²) < 4.78 is 5.19. The summed E-state index contributed by atoms with van der Waals surface area (Å²) >= 11 is 1.70. The van der Waals surface area contributed by atoms with Crippen LogP contribution in [0.1, 0.15) is 48.2 Å². The van der Waals surface area contributed by atoms with Crippen molar-refractivity contribution >= 4 is 17.2 Å². The summed E-state index contributed by atoms with van der Waals surface area (Å²) in [6, 6.07) is 8.07. The number of carbonyl (C=O) groups is 1. The highest BCUT2D eigenvalue weighted by Crippen LogP contribution is 2.31. The summed E-state index contributed by atoms with van der Waals surface area (Å²) in [7, 11) is 1.67. The van der Waals surface area contributed by atoms with E-state index in [0.29, 0.717) is 5.92 Å². The number of nitrogens with zero attached hydrogens (tertiary/aromatic N) is 3. The number of benzene rings is 1. The Morgan fingerprint density at radius 2 is 1.92 bits per heavy atom. The molecule has 2 heterocycles. The SMILES string of the molecule is COc1ccc(Cc2nnc(C3CCN(C(=O)C(C)C)CC3)s2)cc1. The quantitative estimate of drug-likeness (QED) is 0.820. The normalized spacial score (nSPS) is 15.6. The van der Waals surface area contributed by atoms with E-state index in [4.69, 9.17) is 4.74 Å². The molecule has 6 heteroatoms. The van der Waals surface area contributed by atoms with E-state index in [9.17, 15) is 4.79 Å². The Morgan fingerprint density at radius 3 is 2.52 bits per heavy atom. The molecule has 25 heavy (non-hydrogen) atoms. The van der Waals surface area contributed by atoms with Crippen molar-refractivity contribution in [1.82, 2.24) is 15.1 Å². The zero-order valence-electron chi connectivity index (χ0n) is 15.1. The number of methoxy groups -OCH3 is 1. The first-order chi connectivity index (χ1) is 12.1. The average Bonchev–Trinajstić information content (AvgIpc) is 3.10. The second-order valence-electron chi connectivity index (χ2n) is 6.81. The molecule has 1 fully saturated rings. The Morgan fingerprint density at radius 1 is 1.24 bits per heavy atom.